The van der Waals surface area contributed by atoms with Gasteiger partial charge in [-0.15, -0.1) is 0 Å². The predicted molar refractivity (Wildman–Crippen MR) is 172 cm³/mol. The fourth-order valence-corrected chi connectivity index (χ4v) is 6.91. The van der Waals surface area contributed by atoms with Crippen LogP contribution in [-0.2, 0) is 14.4 Å². The van der Waals surface area contributed by atoms with Crippen molar-refractivity contribution < 1.29 is 23.9 Å². The zero-order chi connectivity index (χ0) is 32.3. The Labute approximate surface area is 262 Å². The van der Waals surface area contributed by atoms with Crippen LogP contribution < -0.4 is 5.32 Å². The van der Waals surface area contributed by atoms with Gasteiger partial charge in [0.15, 0.2) is 0 Å². The molecule has 7 nitrogen and oxygen atoms in total. The molecule has 8 heteroatoms. The molecule has 2 N–H and O–H groups in total. The average molecular weight is 608 g/mol. The van der Waals surface area contributed by atoms with E-state index >= 15 is 0 Å². The molecular formula is C36H50FN3O4. The quantitative estimate of drug-likeness (QED) is 0.278. The number of nitrogens with one attached hydrogen (secondary N) is 1. The standard InChI is InChI=1S/C36H50FN3O4/c1-7-35(5,6)27-16-21-36(22-17-27)39-31(25-12-14-28(37)15-13-25)33(44)40(36)29(18-20-34(2,3)4)24-8-10-26(11-9-24)32(43)38-23-19-30(41)42/h8,10,12-15,27,29H,7,9,11,16-23H2,1-6H3,(H,38,43)(H,41,42). The van der Waals surface area contributed by atoms with Crippen LogP contribution in [0.4, 0.5) is 4.39 Å². The second-order valence-electron chi connectivity index (χ2n) is 14.7. The maximum Gasteiger partial charge on any atom is 0.305 e. The van der Waals surface area contributed by atoms with Gasteiger partial charge in [-0.25, -0.2) is 4.39 Å². The number of allylic oxidation sites excluding steroid dienone is 2. The number of aliphatic carboxylic acids is 1. The monoisotopic (exact) mass is 607 g/mol. The highest BCUT2D eigenvalue weighted by Gasteiger charge is 2.53. The lowest BCUT2D eigenvalue weighted by Crippen LogP contribution is -2.55. The van der Waals surface area contributed by atoms with Gasteiger partial charge in [0, 0.05) is 17.7 Å². The molecule has 0 bridgehead atoms. The number of carboxylic acid groups (broad SMARTS) is 1. The van der Waals surface area contributed by atoms with E-state index in [2.05, 4.69) is 51.8 Å². The van der Waals surface area contributed by atoms with Gasteiger partial charge in [-0.3, -0.25) is 19.4 Å². The zero-order valence-electron chi connectivity index (χ0n) is 27.3. The molecule has 2 amide bonds. The van der Waals surface area contributed by atoms with Gasteiger partial charge < -0.3 is 15.3 Å². The van der Waals surface area contributed by atoms with Crippen LogP contribution in [0, 0.1) is 22.6 Å². The third kappa shape index (κ3) is 7.67. The smallest absolute Gasteiger partial charge is 0.305 e. The topological polar surface area (TPSA) is 99.1 Å². The van der Waals surface area contributed by atoms with E-state index < -0.39 is 11.6 Å². The summed E-state index contributed by atoms with van der Waals surface area (Å²) in [5, 5.41) is 11.6. The van der Waals surface area contributed by atoms with E-state index in [1.54, 1.807) is 12.1 Å². The van der Waals surface area contributed by atoms with E-state index in [4.69, 9.17) is 10.1 Å². The minimum Gasteiger partial charge on any atom is -0.481 e. The lowest BCUT2D eigenvalue weighted by Gasteiger charge is -2.49. The lowest BCUT2D eigenvalue weighted by atomic mass is 9.67. The number of aliphatic imine (C=N–C) groups is 1. The van der Waals surface area contributed by atoms with Gasteiger partial charge in [0.05, 0.1) is 12.5 Å². The summed E-state index contributed by atoms with van der Waals surface area (Å²) in [6, 6.07) is 5.88. The average Bonchev–Trinajstić information content (AvgIpc) is 3.24. The maximum atomic E-state index is 14.5. The van der Waals surface area contributed by atoms with Crippen molar-refractivity contribution in [3.63, 3.8) is 0 Å². The molecule has 1 atom stereocenters. The van der Waals surface area contributed by atoms with E-state index in [-0.39, 0.29) is 47.5 Å². The SMILES string of the molecule is CCC(C)(C)C1CCC2(CC1)N=C(c1ccc(F)cc1)C(=O)N2C(CCC(C)(C)C)C1=CC=C(C(=O)NCCC(=O)O)CC1. The van der Waals surface area contributed by atoms with E-state index in [0.717, 1.165) is 50.5 Å². The molecule has 0 aromatic heterocycles. The molecule has 1 fully saturated rings. The number of carboxylic acids is 1. The number of hydrogen-bond donors (Lipinski definition) is 2. The van der Waals surface area contributed by atoms with Crippen molar-refractivity contribution in [3.05, 3.63) is 58.9 Å². The Morgan fingerprint density at radius 3 is 2.30 bits per heavy atom. The van der Waals surface area contributed by atoms with E-state index in [1.165, 1.54) is 12.1 Å². The van der Waals surface area contributed by atoms with Crippen molar-refractivity contribution in [1.82, 2.24) is 10.2 Å². The highest BCUT2D eigenvalue weighted by atomic mass is 19.1. The molecule has 1 saturated carbocycles. The van der Waals surface area contributed by atoms with Crippen molar-refractivity contribution in [2.45, 2.75) is 117 Å². The van der Waals surface area contributed by atoms with Crippen LogP contribution in [0.5, 0.6) is 0 Å². The van der Waals surface area contributed by atoms with Crippen LogP contribution in [0.15, 0.2) is 52.6 Å². The summed E-state index contributed by atoms with van der Waals surface area (Å²) in [7, 11) is 0. The first kappa shape index (κ1) is 33.6. The van der Waals surface area contributed by atoms with Crippen LogP contribution in [-0.4, -0.2) is 51.8 Å². The van der Waals surface area contributed by atoms with E-state index in [0.29, 0.717) is 35.6 Å². The van der Waals surface area contributed by atoms with Gasteiger partial charge in [-0.2, -0.15) is 0 Å². The highest BCUT2D eigenvalue weighted by molar-refractivity contribution is 6.46. The highest BCUT2D eigenvalue weighted by Crippen LogP contribution is 2.50. The fourth-order valence-electron chi connectivity index (χ4n) is 6.91. The normalized spacial score (nSPS) is 23.2. The molecule has 1 unspecified atom stereocenters. The Bertz CT molecular complexity index is 1330. The minimum absolute atomic E-state index is 0.0535. The number of benzene rings is 1. The van der Waals surface area contributed by atoms with Crippen molar-refractivity contribution in [1.29, 1.82) is 0 Å². The van der Waals surface area contributed by atoms with Gasteiger partial charge in [0.25, 0.3) is 5.91 Å². The van der Waals surface area contributed by atoms with E-state index in [1.807, 2.05) is 12.2 Å². The summed E-state index contributed by atoms with van der Waals surface area (Å²) in [6.45, 7) is 13.6. The molecule has 1 aliphatic heterocycles. The van der Waals surface area contributed by atoms with Gasteiger partial charge in [-0.1, -0.05) is 60.1 Å². The van der Waals surface area contributed by atoms with Crippen LogP contribution in [0.3, 0.4) is 0 Å². The summed E-state index contributed by atoms with van der Waals surface area (Å²) in [4.78, 5) is 45.4. The number of carbonyl (C=O) groups is 3. The van der Waals surface area contributed by atoms with Gasteiger partial charge in [0.1, 0.15) is 17.2 Å². The van der Waals surface area contributed by atoms with Crippen LogP contribution in [0.2, 0.25) is 0 Å². The lowest BCUT2D eigenvalue weighted by molar-refractivity contribution is -0.137. The number of amides is 2. The molecule has 44 heavy (non-hydrogen) atoms. The molecule has 0 radical (unpaired) electrons. The van der Waals surface area contributed by atoms with E-state index in [9.17, 15) is 18.8 Å². The zero-order valence-corrected chi connectivity index (χ0v) is 27.3. The maximum absolute atomic E-state index is 14.5. The largest absolute Gasteiger partial charge is 0.481 e. The Balaban J connectivity index is 1.71. The second-order valence-corrected chi connectivity index (χ2v) is 14.7. The van der Waals surface area contributed by atoms with Crippen LogP contribution >= 0.6 is 0 Å². The summed E-state index contributed by atoms with van der Waals surface area (Å²) < 4.78 is 13.9. The summed E-state index contributed by atoms with van der Waals surface area (Å²) >= 11 is 0. The van der Waals surface area contributed by atoms with Gasteiger partial charge in [0.2, 0.25) is 5.91 Å². The molecular weight excluding hydrogens is 557 g/mol. The predicted octanol–water partition coefficient (Wildman–Crippen LogP) is 7.21. The molecule has 1 aromatic rings. The van der Waals surface area contributed by atoms with Crippen molar-refractivity contribution in [2.24, 2.45) is 21.7 Å². The Kier molecular flexibility index (Phi) is 10.2. The first-order chi connectivity index (χ1) is 20.7. The van der Waals surface area contributed by atoms with Gasteiger partial charge in [-0.05, 0) is 98.0 Å². The minimum atomic E-state index is -0.953. The molecule has 2 aliphatic carbocycles. The summed E-state index contributed by atoms with van der Waals surface area (Å²) in [5.74, 6) is -1.11. The van der Waals surface area contributed by atoms with Crippen molar-refractivity contribution >= 4 is 23.5 Å². The van der Waals surface area contributed by atoms with Gasteiger partial charge >= 0.3 is 5.97 Å². The number of carbonyl (C=O) groups excluding carboxylic acids is 2. The van der Waals surface area contributed by atoms with Crippen LogP contribution in [0.1, 0.15) is 111 Å². The molecule has 240 valence electrons. The molecule has 1 heterocycles. The molecule has 1 aromatic carbocycles. The molecule has 4 rings (SSSR count). The van der Waals surface area contributed by atoms with Crippen molar-refractivity contribution in [2.75, 3.05) is 6.54 Å². The first-order valence-electron chi connectivity index (χ1n) is 16.2. The molecule has 1 spiro atoms. The first-order valence-corrected chi connectivity index (χ1v) is 16.2. The van der Waals surface area contributed by atoms with Crippen molar-refractivity contribution in [3.8, 4) is 0 Å². The molecule has 0 saturated heterocycles. The number of halogens is 1. The third-order valence-corrected chi connectivity index (χ3v) is 10.1. The number of nitrogens with zero attached hydrogens (tertiary/aromatic N) is 2. The number of rotatable bonds is 11. The summed E-state index contributed by atoms with van der Waals surface area (Å²) in [6.07, 6.45) is 11.1. The Hall–Kier alpha value is -3.29. The third-order valence-electron chi connectivity index (χ3n) is 10.1. The number of hydrogen-bond acceptors (Lipinski definition) is 4. The second kappa shape index (κ2) is 13.4. The molecule has 3 aliphatic rings. The van der Waals surface area contributed by atoms with Crippen LogP contribution in [0.25, 0.3) is 0 Å². The Morgan fingerprint density at radius 1 is 1.09 bits per heavy atom. The summed E-state index contributed by atoms with van der Waals surface area (Å²) in [5.41, 5.74) is 2.37. The Morgan fingerprint density at radius 2 is 1.75 bits per heavy atom. The fraction of sp³-hybridized carbons (Fsp3) is 0.611.